The second-order valence-electron chi connectivity index (χ2n) is 5.11. The molecular weight excluding hydrogens is 320 g/mol. The number of hydrogen-bond acceptors (Lipinski definition) is 4. The standard InChI is InChI=1S/C15H19BrN2O2/c16-15-6-5-12(20-15)10-17-11-13(14-4-3-9-19-14)18-7-1-2-8-18/h3-6,9,13,17H,1-2,7-8,10-11H2. The Morgan fingerprint density at radius 2 is 2.10 bits per heavy atom. The summed E-state index contributed by atoms with van der Waals surface area (Å²) in [6.07, 6.45) is 4.31. The first-order valence-electron chi connectivity index (χ1n) is 7.05. The lowest BCUT2D eigenvalue weighted by Gasteiger charge is -2.25. The number of rotatable bonds is 6. The lowest BCUT2D eigenvalue weighted by molar-refractivity contribution is 0.208. The van der Waals surface area contributed by atoms with E-state index in [4.69, 9.17) is 8.83 Å². The van der Waals surface area contributed by atoms with E-state index in [1.807, 2.05) is 18.2 Å². The Labute approximate surface area is 127 Å². The monoisotopic (exact) mass is 338 g/mol. The van der Waals surface area contributed by atoms with Crippen LogP contribution in [0.4, 0.5) is 0 Å². The Bertz CT molecular complexity index is 518. The SMILES string of the molecule is Brc1ccc(CNCC(c2ccco2)N2CCCC2)o1. The van der Waals surface area contributed by atoms with Crippen molar-refractivity contribution in [3.8, 4) is 0 Å². The Hall–Kier alpha value is -1.04. The highest BCUT2D eigenvalue weighted by atomic mass is 79.9. The summed E-state index contributed by atoms with van der Waals surface area (Å²) in [7, 11) is 0. The zero-order chi connectivity index (χ0) is 13.8. The summed E-state index contributed by atoms with van der Waals surface area (Å²) in [5.74, 6) is 1.98. The van der Waals surface area contributed by atoms with Crippen molar-refractivity contribution in [2.24, 2.45) is 0 Å². The van der Waals surface area contributed by atoms with Gasteiger partial charge >= 0.3 is 0 Å². The molecule has 1 aliphatic heterocycles. The van der Waals surface area contributed by atoms with Crippen molar-refractivity contribution in [3.63, 3.8) is 0 Å². The highest BCUT2D eigenvalue weighted by Gasteiger charge is 2.25. The molecule has 1 unspecified atom stereocenters. The van der Waals surface area contributed by atoms with Crippen LogP contribution in [0.25, 0.3) is 0 Å². The molecule has 0 radical (unpaired) electrons. The van der Waals surface area contributed by atoms with Crippen LogP contribution in [0.15, 0.2) is 44.0 Å². The van der Waals surface area contributed by atoms with Crippen LogP contribution in [0, 0.1) is 0 Å². The normalized spacial score (nSPS) is 17.6. The van der Waals surface area contributed by atoms with Crippen molar-refractivity contribution in [2.45, 2.75) is 25.4 Å². The summed E-state index contributed by atoms with van der Waals surface area (Å²) in [5.41, 5.74) is 0. The molecule has 4 nitrogen and oxygen atoms in total. The summed E-state index contributed by atoms with van der Waals surface area (Å²) >= 11 is 3.32. The van der Waals surface area contributed by atoms with Gasteiger partial charge in [0.15, 0.2) is 4.67 Å². The smallest absolute Gasteiger partial charge is 0.169 e. The van der Waals surface area contributed by atoms with Crippen LogP contribution in [0.1, 0.15) is 30.4 Å². The third kappa shape index (κ3) is 3.34. The largest absolute Gasteiger partial charge is 0.468 e. The molecule has 1 aliphatic rings. The maximum atomic E-state index is 5.60. The van der Waals surface area contributed by atoms with E-state index in [9.17, 15) is 0 Å². The predicted octanol–water partition coefficient (Wildman–Crippen LogP) is 3.56. The van der Waals surface area contributed by atoms with Gasteiger partial charge in [-0.3, -0.25) is 4.90 Å². The first-order chi connectivity index (χ1) is 9.83. The molecule has 0 spiro atoms. The molecule has 5 heteroatoms. The van der Waals surface area contributed by atoms with Crippen molar-refractivity contribution >= 4 is 15.9 Å². The van der Waals surface area contributed by atoms with Crippen LogP contribution in [-0.4, -0.2) is 24.5 Å². The fourth-order valence-corrected chi connectivity index (χ4v) is 3.06. The van der Waals surface area contributed by atoms with Crippen LogP contribution < -0.4 is 5.32 Å². The van der Waals surface area contributed by atoms with E-state index in [0.717, 1.165) is 42.4 Å². The minimum atomic E-state index is 0.311. The van der Waals surface area contributed by atoms with Crippen LogP contribution in [0.2, 0.25) is 0 Å². The topological polar surface area (TPSA) is 41.6 Å². The summed E-state index contributed by atoms with van der Waals surface area (Å²) in [6, 6.07) is 8.23. The molecule has 20 heavy (non-hydrogen) atoms. The van der Waals surface area contributed by atoms with E-state index in [-0.39, 0.29) is 0 Å². The van der Waals surface area contributed by atoms with Gasteiger partial charge in [-0.15, -0.1) is 0 Å². The summed E-state index contributed by atoms with van der Waals surface area (Å²) in [6.45, 7) is 3.90. The molecule has 0 amide bonds. The maximum Gasteiger partial charge on any atom is 0.169 e. The van der Waals surface area contributed by atoms with Gasteiger partial charge in [-0.25, -0.2) is 0 Å². The molecule has 1 atom stereocenters. The second kappa shape index (κ2) is 6.61. The molecule has 0 aromatic carbocycles. The molecule has 0 aliphatic carbocycles. The van der Waals surface area contributed by atoms with Crippen molar-refractivity contribution in [1.29, 1.82) is 0 Å². The van der Waals surface area contributed by atoms with E-state index in [0.29, 0.717) is 6.04 Å². The van der Waals surface area contributed by atoms with Gasteiger partial charge in [0.1, 0.15) is 11.5 Å². The number of hydrogen-bond donors (Lipinski definition) is 1. The third-order valence-corrected chi connectivity index (χ3v) is 4.15. The third-order valence-electron chi connectivity index (χ3n) is 3.72. The highest BCUT2D eigenvalue weighted by Crippen LogP contribution is 2.25. The van der Waals surface area contributed by atoms with Gasteiger partial charge in [-0.1, -0.05) is 0 Å². The van der Waals surface area contributed by atoms with Crippen LogP contribution >= 0.6 is 15.9 Å². The molecule has 1 N–H and O–H groups in total. The number of halogens is 1. The average molecular weight is 339 g/mol. The molecule has 0 bridgehead atoms. The van der Waals surface area contributed by atoms with Gasteiger partial charge < -0.3 is 14.2 Å². The van der Waals surface area contributed by atoms with Gasteiger partial charge in [-0.05, 0) is 66.1 Å². The van der Waals surface area contributed by atoms with Crippen molar-refractivity contribution in [3.05, 3.63) is 46.7 Å². The van der Waals surface area contributed by atoms with Gasteiger partial charge in [-0.2, -0.15) is 0 Å². The van der Waals surface area contributed by atoms with Crippen molar-refractivity contribution < 1.29 is 8.83 Å². The lowest BCUT2D eigenvalue weighted by atomic mass is 10.2. The number of nitrogens with zero attached hydrogens (tertiary/aromatic N) is 1. The molecule has 3 rings (SSSR count). The molecule has 0 saturated carbocycles. The van der Waals surface area contributed by atoms with E-state index in [1.54, 1.807) is 6.26 Å². The van der Waals surface area contributed by atoms with Crippen molar-refractivity contribution in [1.82, 2.24) is 10.2 Å². The fourth-order valence-electron chi connectivity index (χ4n) is 2.72. The minimum absolute atomic E-state index is 0.311. The lowest BCUT2D eigenvalue weighted by Crippen LogP contribution is -2.33. The summed E-state index contributed by atoms with van der Waals surface area (Å²) in [5, 5.41) is 3.46. The first-order valence-corrected chi connectivity index (χ1v) is 7.84. The second-order valence-corrected chi connectivity index (χ2v) is 5.89. The zero-order valence-electron chi connectivity index (χ0n) is 11.3. The Morgan fingerprint density at radius 3 is 2.75 bits per heavy atom. The van der Waals surface area contributed by atoms with E-state index in [1.165, 1.54) is 12.8 Å². The van der Waals surface area contributed by atoms with Gasteiger partial charge in [0.05, 0.1) is 18.8 Å². The van der Waals surface area contributed by atoms with E-state index >= 15 is 0 Å². The molecule has 1 fully saturated rings. The number of furan rings is 2. The molecule has 3 heterocycles. The Morgan fingerprint density at radius 1 is 1.25 bits per heavy atom. The zero-order valence-corrected chi connectivity index (χ0v) is 12.9. The van der Waals surface area contributed by atoms with E-state index in [2.05, 4.69) is 32.2 Å². The van der Waals surface area contributed by atoms with Gasteiger partial charge in [0, 0.05) is 6.54 Å². The molecular formula is C15H19BrN2O2. The van der Waals surface area contributed by atoms with Crippen LogP contribution in [-0.2, 0) is 6.54 Å². The Balaban J connectivity index is 1.58. The highest BCUT2D eigenvalue weighted by molar-refractivity contribution is 9.10. The van der Waals surface area contributed by atoms with Crippen LogP contribution in [0.3, 0.4) is 0 Å². The molecule has 1 saturated heterocycles. The summed E-state index contributed by atoms with van der Waals surface area (Å²) in [4.78, 5) is 2.49. The summed E-state index contributed by atoms with van der Waals surface area (Å²) < 4.78 is 11.9. The molecule has 2 aromatic rings. The number of likely N-dealkylation sites (tertiary alicyclic amines) is 1. The van der Waals surface area contributed by atoms with Gasteiger partial charge in [0.2, 0.25) is 0 Å². The fraction of sp³-hybridized carbons (Fsp3) is 0.467. The van der Waals surface area contributed by atoms with E-state index < -0.39 is 0 Å². The molecule has 108 valence electrons. The predicted molar refractivity (Wildman–Crippen MR) is 80.4 cm³/mol. The minimum Gasteiger partial charge on any atom is -0.468 e. The number of nitrogens with one attached hydrogen (secondary N) is 1. The van der Waals surface area contributed by atoms with Gasteiger partial charge in [0.25, 0.3) is 0 Å². The first kappa shape index (κ1) is 13.9. The van der Waals surface area contributed by atoms with Crippen LogP contribution in [0.5, 0.6) is 0 Å². The van der Waals surface area contributed by atoms with Crippen molar-refractivity contribution in [2.75, 3.05) is 19.6 Å². The molecule has 2 aromatic heterocycles. The Kier molecular flexibility index (Phi) is 4.60. The maximum absolute atomic E-state index is 5.60. The average Bonchev–Trinajstić information content (AvgIpc) is 3.18. The quantitative estimate of drug-likeness (QED) is 0.874.